The molecule has 1 aliphatic rings. The molecule has 0 aliphatic carbocycles. The lowest BCUT2D eigenvalue weighted by Gasteiger charge is -2.21. The zero-order valence-corrected chi connectivity index (χ0v) is 9.66. The van der Waals surface area contributed by atoms with Crippen molar-refractivity contribution >= 4 is 5.69 Å². The molecule has 15 heavy (non-hydrogen) atoms. The predicted octanol–water partition coefficient (Wildman–Crippen LogP) is 2.57. The van der Waals surface area contributed by atoms with E-state index in [1.54, 1.807) is 0 Å². The summed E-state index contributed by atoms with van der Waals surface area (Å²) in [6.07, 6.45) is 2.51. The Labute approximate surface area is 92.3 Å². The first-order valence-corrected chi connectivity index (χ1v) is 5.86. The molecule has 0 aromatic heterocycles. The lowest BCUT2D eigenvalue weighted by Crippen LogP contribution is -2.21. The number of para-hydroxylation sites is 1. The van der Waals surface area contributed by atoms with Gasteiger partial charge in [-0.15, -0.1) is 0 Å². The molecule has 1 aromatic carbocycles. The van der Waals surface area contributed by atoms with Crippen LogP contribution in [0.25, 0.3) is 0 Å². The summed E-state index contributed by atoms with van der Waals surface area (Å²) in [4.78, 5) is 2.37. The van der Waals surface area contributed by atoms with Gasteiger partial charge >= 0.3 is 0 Å². The van der Waals surface area contributed by atoms with E-state index >= 15 is 0 Å². The molecule has 2 rings (SSSR count). The largest absolute Gasteiger partial charge is 0.374 e. The third-order valence-electron chi connectivity index (χ3n) is 3.16. The number of anilines is 1. The van der Waals surface area contributed by atoms with Gasteiger partial charge in [0, 0.05) is 25.3 Å². The molecule has 1 unspecified atom stereocenters. The van der Waals surface area contributed by atoms with E-state index in [1.165, 1.54) is 30.6 Å². The summed E-state index contributed by atoms with van der Waals surface area (Å²) in [5, 5.41) is 3.57. The van der Waals surface area contributed by atoms with Crippen molar-refractivity contribution in [2.45, 2.75) is 25.8 Å². The zero-order valence-electron chi connectivity index (χ0n) is 9.66. The molecule has 1 N–H and O–H groups in total. The summed E-state index contributed by atoms with van der Waals surface area (Å²) in [6, 6.07) is 9.29. The maximum Gasteiger partial charge on any atom is 0.0412 e. The number of nitrogens with one attached hydrogen (secondary N) is 1. The molecule has 0 amide bonds. The van der Waals surface area contributed by atoms with Gasteiger partial charge in [-0.3, -0.25) is 0 Å². The highest BCUT2D eigenvalue weighted by Gasteiger charge is 2.19. The van der Waals surface area contributed by atoms with Crippen LogP contribution in [-0.4, -0.2) is 20.1 Å². The van der Waals surface area contributed by atoms with E-state index in [9.17, 15) is 0 Å². The van der Waals surface area contributed by atoms with Crippen LogP contribution in [0.3, 0.4) is 0 Å². The van der Waals surface area contributed by atoms with Crippen molar-refractivity contribution in [3.05, 3.63) is 29.8 Å². The van der Waals surface area contributed by atoms with E-state index in [2.05, 4.69) is 48.5 Å². The quantitative estimate of drug-likeness (QED) is 0.796. The van der Waals surface area contributed by atoms with Crippen molar-refractivity contribution < 1.29 is 0 Å². The summed E-state index contributed by atoms with van der Waals surface area (Å²) in [5.74, 6) is 0. The molecule has 1 heterocycles. The van der Waals surface area contributed by atoms with Crippen molar-refractivity contribution in [3.63, 3.8) is 0 Å². The van der Waals surface area contributed by atoms with Gasteiger partial charge < -0.3 is 10.2 Å². The van der Waals surface area contributed by atoms with Crippen LogP contribution in [-0.2, 0) is 0 Å². The Morgan fingerprint density at radius 2 is 2.20 bits per heavy atom. The minimum atomic E-state index is 0.538. The van der Waals surface area contributed by atoms with Crippen LogP contribution >= 0.6 is 0 Å². The monoisotopic (exact) mass is 204 g/mol. The maximum atomic E-state index is 3.57. The maximum absolute atomic E-state index is 3.57. The van der Waals surface area contributed by atoms with Crippen LogP contribution in [0.2, 0.25) is 0 Å². The van der Waals surface area contributed by atoms with Gasteiger partial charge in [-0.2, -0.15) is 0 Å². The minimum Gasteiger partial charge on any atom is -0.374 e. The first-order valence-electron chi connectivity index (χ1n) is 5.86. The summed E-state index contributed by atoms with van der Waals surface area (Å²) in [7, 11) is 2.19. The van der Waals surface area contributed by atoms with Crippen molar-refractivity contribution in [2.75, 3.05) is 25.0 Å². The Morgan fingerprint density at radius 3 is 3.00 bits per heavy atom. The van der Waals surface area contributed by atoms with Crippen LogP contribution in [0.5, 0.6) is 0 Å². The highest BCUT2D eigenvalue weighted by molar-refractivity contribution is 5.55. The average Bonchev–Trinajstić information content (AvgIpc) is 2.41. The summed E-state index contributed by atoms with van der Waals surface area (Å²) < 4.78 is 0. The third-order valence-corrected chi connectivity index (χ3v) is 3.16. The second kappa shape index (κ2) is 4.67. The van der Waals surface area contributed by atoms with E-state index in [0.717, 1.165) is 6.54 Å². The van der Waals surface area contributed by atoms with E-state index in [-0.39, 0.29) is 0 Å². The van der Waals surface area contributed by atoms with E-state index < -0.39 is 0 Å². The molecule has 2 nitrogen and oxygen atoms in total. The van der Waals surface area contributed by atoms with Crippen molar-refractivity contribution in [1.29, 1.82) is 0 Å². The lowest BCUT2D eigenvalue weighted by atomic mass is 10.0. The molecule has 0 bridgehead atoms. The Morgan fingerprint density at radius 1 is 1.40 bits per heavy atom. The van der Waals surface area contributed by atoms with Gasteiger partial charge in [0.25, 0.3) is 0 Å². The van der Waals surface area contributed by atoms with E-state index in [0.29, 0.717) is 6.04 Å². The Bertz CT molecular complexity index is 322. The fourth-order valence-corrected chi connectivity index (χ4v) is 2.40. The summed E-state index contributed by atoms with van der Waals surface area (Å²) in [5.41, 5.74) is 2.85. The molecule has 1 aromatic rings. The highest BCUT2D eigenvalue weighted by Crippen LogP contribution is 2.31. The number of fused-ring (bicyclic) bond motifs is 1. The van der Waals surface area contributed by atoms with Crippen LogP contribution in [0.1, 0.15) is 31.4 Å². The van der Waals surface area contributed by atoms with Crippen LogP contribution < -0.4 is 10.2 Å². The standard InChI is InChI=1S/C13H20N2/c1-3-14-12-8-6-10-15(2)13-9-5-4-7-11(12)13/h4-5,7,9,12,14H,3,6,8,10H2,1-2H3. The van der Waals surface area contributed by atoms with Gasteiger partial charge in [0.05, 0.1) is 0 Å². The lowest BCUT2D eigenvalue weighted by molar-refractivity contribution is 0.512. The molecule has 0 spiro atoms. The Balaban J connectivity index is 2.34. The zero-order chi connectivity index (χ0) is 10.7. The van der Waals surface area contributed by atoms with Gasteiger partial charge in [0.1, 0.15) is 0 Å². The molecule has 82 valence electrons. The number of hydrogen-bond donors (Lipinski definition) is 1. The SMILES string of the molecule is CCNC1CCCN(C)c2ccccc21. The first-order chi connectivity index (χ1) is 7.33. The van der Waals surface area contributed by atoms with Crippen molar-refractivity contribution in [2.24, 2.45) is 0 Å². The molecular formula is C13H20N2. The Hall–Kier alpha value is -1.02. The molecule has 0 fully saturated rings. The molecule has 0 saturated heterocycles. The number of benzene rings is 1. The van der Waals surface area contributed by atoms with Crippen molar-refractivity contribution in [1.82, 2.24) is 5.32 Å². The van der Waals surface area contributed by atoms with Gasteiger partial charge in [-0.25, -0.2) is 0 Å². The first kappa shape index (κ1) is 10.5. The van der Waals surface area contributed by atoms with Crippen LogP contribution in [0.15, 0.2) is 24.3 Å². The Kier molecular flexibility index (Phi) is 3.27. The highest BCUT2D eigenvalue weighted by atomic mass is 15.1. The second-order valence-electron chi connectivity index (χ2n) is 4.23. The second-order valence-corrected chi connectivity index (χ2v) is 4.23. The normalized spacial score (nSPS) is 20.9. The average molecular weight is 204 g/mol. The van der Waals surface area contributed by atoms with Crippen LogP contribution in [0.4, 0.5) is 5.69 Å². The van der Waals surface area contributed by atoms with E-state index in [1.807, 2.05) is 0 Å². The van der Waals surface area contributed by atoms with Gasteiger partial charge in [-0.05, 0) is 31.0 Å². The van der Waals surface area contributed by atoms with Crippen molar-refractivity contribution in [3.8, 4) is 0 Å². The van der Waals surface area contributed by atoms with Gasteiger partial charge in [0.15, 0.2) is 0 Å². The molecule has 1 aliphatic heterocycles. The smallest absolute Gasteiger partial charge is 0.0412 e. The fraction of sp³-hybridized carbons (Fsp3) is 0.538. The number of nitrogens with zero attached hydrogens (tertiary/aromatic N) is 1. The molecule has 2 heteroatoms. The summed E-state index contributed by atoms with van der Waals surface area (Å²) in [6.45, 7) is 4.39. The number of hydrogen-bond acceptors (Lipinski definition) is 2. The topological polar surface area (TPSA) is 15.3 Å². The summed E-state index contributed by atoms with van der Waals surface area (Å²) >= 11 is 0. The van der Waals surface area contributed by atoms with Crippen LogP contribution in [0, 0.1) is 0 Å². The molecule has 0 radical (unpaired) electrons. The minimum absolute atomic E-state index is 0.538. The molecule has 1 atom stereocenters. The van der Waals surface area contributed by atoms with Gasteiger partial charge in [-0.1, -0.05) is 25.1 Å². The molecule has 0 saturated carbocycles. The van der Waals surface area contributed by atoms with E-state index in [4.69, 9.17) is 0 Å². The predicted molar refractivity (Wildman–Crippen MR) is 65.4 cm³/mol. The molecular weight excluding hydrogens is 184 g/mol. The third kappa shape index (κ3) is 2.15. The number of rotatable bonds is 2. The fourth-order valence-electron chi connectivity index (χ4n) is 2.40. The van der Waals surface area contributed by atoms with Gasteiger partial charge in [0.2, 0.25) is 0 Å².